The van der Waals surface area contributed by atoms with Crippen LogP contribution >= 0.6 is 0 Å². The maximum absolute atomic E-state index is 12.5. The Morgan fingerprint density at radius 2 is 1.82 bits per heavy atom. The van der Waals surface area contributed by atoms with Gasteiger partial charge in [-0.15, -0.1) is 0 Å². The fraction of sp³-hybridized carbons (Fsp3) is 0.450. The summed E-state index contributed by atoms with van der Waals surface area (Å²) < 4.78 is 8.18. The molecule has 1 amide bonds. The Morgan fingerprint density at radius 1 is 1.04 bits per heavy atom. The van der Waals surface area contributed by atoms with Gasteiger partial charge in [0.05, 0.1) is 0 Å². The molecule has 2 heterocycles. The maximum Gasteiger partial charge on any atom is 0.332 e. The fourth-order valence-electron chi connectivity index (χ4n) is 3.36. The third kappa shape index (κ3) is 4.27. The number of amides is 1. The first-order chi connectivity index (χ1) is 13.4. The van der Waals surface area contributed by atoms with Crippen molar-refractivity contribution in [3.05, 3.63) is 56.7 Å². The zero-order valence-corrected chi connectivity index (χ0v) is 16.6. The molecule has 1 aromatic heterocycles. The highest BCUT2D eigenvalue weighted by Crippen LogP contribution is 2.14. The summed E-state index contributed by atoms with van der Waals surface area (Å²) >= 11 is 0. The van der Waals surface area contributed by atoms with E-state index in [1.54, 1.807) is 11.9 Å². The molecule has 8 nitrogen and oxygen atoms in total. The number of anilines is 1. The SMILES string of the molecule is Cc1cccc(OCC(=O)N2CCCN(c3cc(=O)n(C)c(=O)n3C)CC2)c1. The van der Waals surface area contributed by atoms with Crippen LogP contribution in [0.5, 0.6) is 5.75 Å². The van der Waals surface area contributed by atoms with E-state index in [0.717, 1.165) is 16.6 Å². The second-order valence-electron chi connectivity index (χ2n) is 7.07. The zero-order chi connectivity index (χ0) is 20.3. The molecule has 3 rings (SSSR count). The highest BCUT2D eigenvalue weighted by molar-refractivity contribution is 5.77. The molecule has 0 atom stereocenters. The molecule has 0 spiro atoms. The van der Waals surface area contributed by atoms with Crippen LogP contribution in [0.15, 0.2) is 39.9 Å². The second-order valence-corrected chi connectivity index (χ2v) is 7.07. The predicted molar refractivity (Wildman–Crippen MR) is 107 cm³/mol. The largest absolute Gasteiger partial charge is 0.484 e. The summed E-state index contributed by atoms with van der Waals surface area (Å²) in [4.78, 5) is 40.5. The van der Waals surface area contributed by atoms with Crippen LogP contribution in [0.1, 0.15) is 12.0 Å². The topological polar surface area (TPSA) is 76.8 Å². The molecule has 1 aromatic carbocycles. The lowest BCUT2D eigenvalue weighted by Gasteiger charge is -2.25. The van der Waals surface area contributed by atoms with Crippen LogP contribution in [0.25, 0.3) is 0 Å². The molecule has 28 heavy (non-hydrogen) atoms. The minimum atomic E-state index is -0.355. The van der Waals surface area contributed by atoms with Gasteiger partial charge in [0.1, 0.15) is 11.6 Å². The van der Waals surface area contributed by atoms with E-state index in [2.05, 4.69) is 0 Å². The van der Waals surface area contributed by atoms with Crippen molar-refractivity contribution >= 4 is 11.7 Å². The Morgan fingerprint density at radius 3 is 2.57 bits per heavy atom. The van der Waals surface area contributed by atoms with Crippen LogP contribution in [0.3, 0.4) is 0 Å². The van der Waals surface area contributed by atoms with E-state index in [1.165, 1.54) is 17.7 Å². The van der Waals surface area contributed by atoms with Crippen molar-refractivity contribution in [1.29, 1.82) is 0 Å². The van der Waals surface area contributed by atoms with Gasteiger partial charge in [0.2, 0.25) is 0 Å². The number of ether oxygens (including phenoxy) is 1. The van der Waals surface area contributed by atoms with Gasteiger partial charge in [0, 0.05) is 46.3 Å². The van der Waals surface area contributed by atoms with E-state index >= 15 is 0 Å². The number of aryl methyl sites for hydroxylation is 1. The molecule has 0 saturated carbocycles. The van der Waals surface area contributed by atoms with E-state index in [1.807, 2.05) is 36.1 Å². The van der Waals surface area contributed by atoms with Crippen LogP contribution in [-0.2, 0) is 18.9 Å². The number of rotatable bonds is 4. The molecule has 2 aromatic rings. The van der Waals surface area contributed by atoms with E-state index in [4.69, 9.17) is 4.74 Å². The molecule has 1 saturated heterocycles. The van der Waals surface area contributed by atoms with Gasteiger partial charge in [-0.1, -0.05) is 12.1 Å². The minimum absolute atomic E-state index is 0.00613. The summed E-state index contributed by atoms with van der Waals surface area (Å²) in [5, 5.41) is 0. The van der Waals surface area contributed by atoms with Crippen molar-refractivity contribution in [2.75, 3.05) is 37.7 Å². The van der Waals surface area contributed by atoms with Gasteiger partial charge < -0.3 is 14.5 Å². The highest BCUT2D eigenvalue weighted by atomic mass is 16.5. The Bertz CT molecular complexity index is 979. The number of carbonyl (C=O) groups excluding carboxylic acids is 1. The Balaban J connectivity index is 1.64. The van der Waals surface area contributed by atoms with E-state index < -0.39 is 0 Å². The average molecular weight is 386 g/mol. The monoisotopic (exact) mass is 386 g/mol. The van der Waals surface area contributed by atoms with Crippen molar-refractivity contribution in [3.63, 3.8) is 0 Å². The Kier molecular flexibility index (Phi) is 5.87. The summed E-state index contributed by atoms with van der Waals surface area (Å²) in [6, 6.07) is 9.07. The number of carbonyl (C=O) groups is 1. The molecular formula is C20H26N4O4. The fourth-order valence-corrected chi connectivity index (χ4v) is 3.36. The number of aromatic nitrogens is 2. The van der Waals surface area contributed by atoms with Gasteiger partial charge in [0.25, 0.3) is 11.5 Å². The first kappa shape index (κ1) is 19.7. The van der Waals surface area contributed by atoms with Gasteiger partial charge in [-0.25, -0.2) is 4.79 Å². The maximum atomic E-state index is 12.5. The minimum Gasteiger partial charge on any atom is -0.484 e. The second kappa shape index (κ2) is 8.33. The summed E-state index contributed by atoms with van der Waals surface area (Å²) in [5.74, 6) is 1.19. The van der Waals surface area contributed by atoms with Crippen molar-refractivity contribution in [1.82, 2.24) is 14.0 Å². The van der Waals surface area contributed by atoms with Gasteiger partial charge in [-0.05, 0) is 31.0 Å². The van der Waals surface area contributed by atoms with Crippen molar-refractivity contribution < 1.29 is 9.53 Å². The van der Waals surface area contributed by atoms with Gasteiger partial charge in [0.15, 0.2) is 6.61 Å². The van der Waals surface area contributed by atoms with Gasteiger partial charge in [-0.2, -0.15) is 0 Å². The van der Waals surface area contributed by atoms with Gasteiger partial charge in [-0.3, -0.25) is 18.7 Å². The number of benzene rings is 1. The quantitative estimate of drug-likeness (QED) is 0.765. The van der Waals surface area contributed by atoms with Gasteiger partial charge >= 0.3 is 5.69 Å². The first-order valence-corrected chi connectivity index (χ1v) is 9.36. The lowest BCUT2D eigenvalue weighted by molar-refractivity contribution is -0.133. The predicted octanol–water partition coefficient (Wildman–Crippen LogP) is 0.510. The Labute approximate surface area is 163 Å². The summed E-state index contributed by atoms with van der Waals surface area (Å²) in [5.41, 5.74) is 0.392. The lowest BCUT2D eigenvalue weighted by atomic mass is 10.2. The zero-order valence-electron chi connectivity index (χ0n) is 16.6. The normalized spacial score (nSPS) is 14.7. The third-order valence-corrected chi connectivity index (χ3v) is 5.03. The lowest BCUT2D eigenvalue weighted by Crippen LogP contribution is -2.42. The highest BCUT2D eigenvalue weighted by Gasteiger charge is 2.21. The number of hydrogen-bond acceptors (Lipinski definition) is 5. The van der Waals surface area contributed by atoms with Crippen molar-refractivity contribution in [2.45, 2.75) is 13.3 Å². The third-order valence-electron chi connectivity index (χ3n) is 5.03. The molecule has 1 fully saturated rings. The smallest absolute Gasteiger partial charge is 0.332 e. The molecule has 0 N–H and O–H groups in total. The van der Waals surface area contributed by atoms with Crippen molar-refractivity contribution in [3.8, 4) is 5.75 Å². The first-order valence-electron chi connectivity index (χ1n) is 9.36. The van der Waals surface area contributed by atoms with E-state index in [9.17, 15) is 14.4 Å². The number of nitrogens with zero attached hydrogens (tertiary/aromatic N) is 4. The molecule has 0 radical (unpaired) electrons. The van der Waals surface area contributed by atoms with Crippen molar-refractivity contribution in [2.24, 2.45) is 14.1 Å². The standard InChI is InChI=1S/C20H26N4O4/c1-15-6-4-7-16(12-15)28-14-19(26)24-9-5-8-23(10-11-24)17-13-18(25)22(3)20(27)21(17)2/h4,6-7,12-13H,5,8-11,14H2,1-3H3. The molecule has 0 unspecified atom stereocenters. The molecule has 0 bridgehead atoms. The molecular weight excluding hydrogens is 360 g/mol. The molecule has 8 heteroatoms. The Hall–Kier alpha value is -3.03. The summed E-state index contributed by atoms with van der Waals surface area (Å²) in [7, 11) is 3.12. The van der Waals surface area contributed by atoms with Crippen LogP contribution in [0, 0.1) is 6.92 Å². The molecule has 0 aliphatic carbocycles. The molecule has 1 aliphatic rings. The van der Waals surface area contributed by atoms with Crippen LogP contribution in [0.4, 0.5) is 5.82 Å². The average Bonchev–Trinajstić information content (AvgIpc) is 2.93. The summed E-state index contributed by atoms with van der Waals surface area (Å²) in [6.07, 6.45) is 0.750. The summed E-state index contributed by atoms with van der Waals surface area (Å²) in [6.45, 7) is 4.32. The van der Waals surface area contributed by atoms with Crippen LogP contribution in [-0.4, -0.2) is 52.7 Å². The van der Waals surface area contributed by atoms with E-state index in [-0.39, 0.29) is 23.8 Å². The van der Waals surface area contributed by atoms with Crippen LogP contribution < -0.4 is 20.9 Å². The molecule has 1 aliphatic heterocycles. The molecule has 150 valence electrons. The number of hydrogen-bond donors (Lipinski definition) is 0. The van der Waals surface area contributed by atoms with Crippen LogP contribution in [0.2, 0.25) is 0 Å². The van der Waals surface area contributed by atoms with E-state index in [0.29, 0.717) is 37.7 Å².